The van der Waals surface area contributed by atoms with Gasteiger partial charge in [0, 0.05) is 11.1 Å². The zero-order valence-electron chi connectivity index (χ0n) is 23.2. The van der Waals surface area contributed by atoms with Crippen LogP contribution in [0.3, 0.4) is 0 Å². The van der Waals surface area contributed by atoms with E-state index in [1.54, 1.807) is 11.3 Å². The van der Waals surface area contributed by atoms with Gasteiger partial charge in [-0.15, -0.1) is 11.3 Å². The van der Waals surface area contributed by atoms with E-state index in [2.05, 4.69) is 59.7 Å². The van der Waals surface area contributed by atoms with Crippen molar-refractivity contribution in [2.75, 3.05) is 6.61 Å². The molecule has 0 N–H and O–H groups in total. The van der Waals surface area contributed by atoms with Crippen LogP contribution < -0.4 is 9.47 Å². The van der Waals surface area contributed by atoms with Gasteiger partial charge in [-0.2, -0.15) is 5.26 Å². The first-order valence-corrected chi connectivity index (χ1v) is 14.0. The maximum atomic E-state index is 9.89. The number of aliphatic imine (C=N–C) groups is 1. The van der Waals surface area contributed by atoms with Gasteiger partial charge in [0.25, 0.3) is 0 Å². The normalized spacial score (nSPS) is 15.5. The summed E-state index contributed by atoms with van der Waals surface area (Å²) in [7, 11) is 0. The van der Waals surface area contributed by atoms with Crippen LogP contribution in [0.1, 0.15) is 77.9 Å². The average Bonchev–Trinajstić information content (AvgIpc) is 3.19. The van der Waals surface area contributed by atoms with Crippen molar-refractivity contribution in [2.45, 2.75) is 74.3 Å². The van der Waals surface area contributed by atoms with E-state index >= 15 is 0 Å². The van der Waals surface area contributed by atoms with E-state index in [0.717, 1.165) is 41.1 Å². The van der Waals surface area contributed by atoms with Crippen LogP contribution in [-0.4, -0.2) is 12.8 Å². The average molecular weight is 515 g/mol. The number of fused-ring (bicyclic) bond motifs is 1. The molecular formula is C32H38N2O2S. The van der Waals surface area contributed by atoms with E-state index in [1.807, 2.05) is 31.3 Å². The van der Waals surface area contributed by atoms with Crippen LogP contribution in [0.4, 0.5) is 5.00 Å². The molecule has 1 aromatic heterocycles. The lowest BCUT2D eigenvalue weighted by Gasteiger charge is -2.33. The molecular weight excluding hydrogens is 476 g/mol. The zero-order chi connectivity index (χ0) is 26.7. The van der Waals surface area contributed by atoms with Crippen LogP contribution in [0.15, 0.2) is 35.3 Å². The van der Waals surface area contributed by atoms with Crippen LogP contribution >= 0.6 is 11.3 Å². The molecule has 4 rings (SSSR count). The van der Waals surface area contributed by atoms with Crippen LogP contribution in [0.2, 0.25) is 0 Å². The Labute approximate surface area is 226 Å². The van der Waals surface area contributed by atoms with Gasteiger partial charge in [-0.25, -0.2) is 4.99 Å². The summed E-state index contributed by atoms with van der Waals surface area (Å²) in [6.45, 7) is 16.3. The number of nitriles is 1. The Bertz CT molecular complexity index is 1330. The van der Waals surface area contributed by atoms with Gasteiger partial charge in [-0.3, -0.25) is 0 Å². The fourth-order valence-electron chi connectivity index (χ4n) is 5.23. The molecule has 0 spiro atoms. The molecule has 0 amide bonds. The lowest BCUT2D eigenvalue weighted by atomic mass is 9.72. The zero-order valence-corrected chi connectivity index (χ0v) is 24.0. The number of thiophene rings is 1. The third kappa shape index (κ3) is 6.08. The Hall–Kier alpha value is -3.10. The van der Waals surface area contributed by atoms with Gasteiger partial charge < -0.3 is 9.47 Å². The summed E-state index contributed by atoms with van der Waals surface area (Å²) in [5.74, 6) is 2.06. The molecule has 4 nitrogen and oxygen atoms in total. The van der Waals surface area contributed by atoms with E-state index in [-0.39, 0.29) is 5.41 Å². The van der Waals surface area contributed by atoms with E-state index in [0.29, 0.717) is 24.9 Å². The second-order valence-electron chi connectivity index (χ2n) is 11.2. The Kier molecular flexibility index (Phi) is 8.09. The highest BCUT2D eigenvalue weighted by Crippen LogP contribution is 2.45. The fraction of sp³-hybridized carbons (Fsp3) is 0.438. The number of hydrogen-bond acceptors (Lipinski definition) is 5. The van der Waals surface area contributed by atoms with Crippen molar-refractivity contribution >= 4 is 22.6 Å². The minimum atomic E-state index is 0.272. The number of ether oxygens (including phenoxy) is 2. The Morgan fingerprint density at radius 3 is 2.46 bits per heavy atom. The standard InChI is InChI=1S/C32H38N2O2S/c1-8-35-29-15-23(9-12-28(29)36-19-27-21(3)13-20(2)14-22(27)4)18-34-31-26(17-33)25-11-10-24(32(5,6)7)16-30(25)37-31/h9,12-15,18,24H,8,10-11,16,19H2,1-7H3/t24-/m1/s1. The molecule has 0 unspecified atom stereocenters. The predicted octanol–water partition coefficient (Wildman–Crippen LogP) is 8.42. The van der Waals surface area contributed by atoms with Crippen molar-refractivity contribution < 1.29 is 9.47 Å². The lowest BCUT2D eigenvalue weighted by Crippen LogP contribution is -2.26. The summed E-state index contributed by atoms with van der Waals surface area (Å²) in [5.41, 5.74) is 8.09. The summed E-state index contributed by atoms with van der Waals surface area (Å²) in [5, 5.41) is 10.7. The second kappa shape index (κ2) is 11.1. The van der Waals surface area contributed by atoms with Crippen molar-refractivity contribution in [3.63, 3.8) is 0 Å². The first kappa shape index (κ1) is 26.9. The number of hydrogen-bond donors (Lipinski definition) is 0. The summed E-state index contributed by atoms with van der Waals surface area (Å²) >= 11 is 1.68. The summed E-state index contributed by atoms with van der Waals surface area (Å²) in [6.07, 6.45) is 4.96. The van der Waals surface area contributed by atoms with Crippen molar-refractivity contribution in [1.82, 2.24) is 0 Å². The molecule has 0 saturated carbocycles. The molecule has 2 aromatic carbocycles. The maximum Gasteiger partial charge on any atom is 0.161 e. The monoisotopic (exact) mass is 514 g/mol. The number of nitrogens with zero attached hydrogens (tertiary/aromatic N) is 2. The van der Waals surface area contributed by atoms with Crippen molar-refractivity contribution in [2.24, 2.45) is 16.3 Å². The van der Waals surface area contributed by atoms with E-state index in [4.69, 9.17) is 14.5 Å². The highest BCUT2D eigenvalue weighted by molar-refractivity contribution is 7.16. The number of benzene rings is 2. The van der Waals surface area contributed by atoms with Crippen LogP contribution in [0.25, 0.3) is 0 Å². The molecule has 1 aliphatic carbocycles. The Morgan fingerprint density at radius 2 is 1.81 bits per heavy atom. The largest absolute Gasteiger partial charge is 0.490 e. The van der Waals surface area contributed by atoms with E-state index < -0.39 is 0 Å². The lowest BCUT2D eigenvalue weighted by molar-refractivity contribution is 0.218. The molecule has 0 saturated heterocycles. The minimum absolute atomic E-state index is 0.272. The Balaban J connectivity index is 1.55. The number of rotatable bonds is 7. The van der Waals surface area contributed by atoms with Gasteiger partial charge in [-0.05, 0) is 104 Å². The Morgan fingerprint density at radius 1 is 1.08 bits per heavy atom. The van der Waals surface area contributed by atoms with Crippen molar-refractivity contribution in [3.8, 4) is 17.6 Å². The van der Waals surface area contributed by atoms with Gasteiger partial charge in [0.05, 0.1) is 12.2 Å². The molecule has 1 atom stereocenters. The third-order valence-electron chi connectivity index (χ3n) is 7.39. The molecule has 194 valence electrons. The molecule has 0 bridgehead atoms. The highest BCUT2D eigenvalue weighted by atomic mass is 32.1. The molecule has 0 radical (unpaired) electrons. The molecule has 1 aliphatic rings. The molecule has 0 aliphatic heterocycles. The highest BCUT2D eigenvalue weighted by Gasteiger charge is 2.32. The van der Waals surface area contributed by atoms with Crippen molar-refractivity contribution in [3.05, 3.63) is 74.2 Å². The summed E-state index contributed by atoms with van der Waals surface area (Å²) in [6, 6.07) is 12.7. The van der Waals surface area contributed by atoms with Crippen molar-refractivity contribution in [1.29, 1.82) is 5.26 Å². The topological polar surface area (TPSA) is 54.6 Å². The molecule has 0 fully saturated rings. The molecule has 37 heavy (non-hydrogen) atoms. The second-order valence-corrected chi connectivity index (χ2v) is 12.2. The fourth-order valence-corrected chi connectivity index (χ4v) is 6.45. The summed E-state index contributed by atoms with van der Waals surface area (Å²) in [4.78, 5) is 6.10. The first-order valence-electron chi connectivity index (χ1n) is 13.2. The number of aryl methyl sites for hydroxylation is 3. The van der Waals surface area contributed by atoms with Gasteiger partial charge in [0.2, 0.25) is 0 Å². The quantitative estimate of drug-likeness (QED) is 0.297. The SMILES string of the molecule is CCOc1cc(C=Nc2sc3c(c2C#N)CC[C@@H](C(C)(C)C)C3)ccc1OCc1c(C)cc(C)cc1C. The van der Waals surface area contributed by atoms with Gasteiger partial charge in [0.1, 0.15) is 17.7 Å². The van der Waals surface area contributed by atoms with E-state index in [1.165, 1.54) is 32.7 Å². The predicted molar refractivity (Wildman–Crippen MR) is 154 cm³/mol. The molecule has 1 heterocycles. The van der Waals surface area contributed by atoms with Crippen LogP contribution in [0, 0.1) is 43.4 Å². The molecule has 5 heteroatoms. The van der Waals surface area contributed by atoms with Gasteiger partial charge >= 0.3 is 0 Å². The third-order valence-corrected chi connectivity index (χ3v) is 8.56. The van der Waals surface area contributed by atoms with Crippen LogP contribution in [-0.2, 0) is 19.4 Å². The van der Waals surface area contributed by atoms with Gasteiger partial charge in [0.15, 0.2) is 11.5 Å². The molecule has 3 aromatic rings. The minimum Gasteiger partial charge on any atom is -0.490 e. The smallest absolute Gasteiger partial charge is 0.161 e. The first-order chi connectivity index (χ1) is 17.6. The van der Waals surface area contributed by atoms with Crippen LogP contribution in [0.5, 0.6) is 11.5 Å². The van der Waals surface area contributed by atoms with Gasteiger partial charge in [-0.1, -0.05) is 38.5 Å². The maximum absolute atomic E-state index is 9.89. The van der Waals surface area contributed by atoms with E-state index in [9.17, 15) is 5.26 Å². The summed E-state index contributed by atoms with van der Waals surface area (Å²) < 4.78 is 12.1.